The van der Waals surface area contributed by atoms with Crippen LogP contribution in [0.4, 0.5) is 0 Å². The summed E-state index contributed by atoms with van der Waals surface area (Å²) in [6.45, 7) is 6.89. The van der Waals surface area contributed by atoms with Crippen molar-refractivity contribution in [3.63, 3.8) is 0 Å². The third-order valence-corrected chi connectivity index (χ3v) is 5.31. The molecule has 2 N–H and O–H groups in total. The van der Waals surface area contributed by atoms with Gasteiger partial charge in [-0.15, -0.1) is 0 Å². The van der Waals surface area contributed by atoms with E-state index in [0.29, 0.717) is 29.2 Å². The largest absolute Gasteiger partial charge is 0.434 e. The highest BCUT2D eigenvalue weighted by molar-refractivity contribution is 7.80. The molecule has 4 aromatic rings. The van der Waals surface area contributed by atoms with E-state index in [4.69, 9.17) is 16.6 Å². The smallest absolute Gasteiger partial charge is 0.257 e. The van der Waals surface area contributed by atoms with Crippen LogP contribution in [0.25, 0.3) is 22.7 Å². The van der Waals surface area contributed by atoms with Gasteiger partial charge in [-0.25, -0.2) is 4.98 Å². The van der Waals surface area contributed by atoms with Crippen molar-refractivity contribution in [1.82, 2.24) is 20.6 Å². The maximum atomic E-state index is 12.4. The standard InChI is InChI=1S/C25H24N4O2S/c1-25(2,3)19-12-10-17(11-13-19)22(30)29-24(32)27-15-16-6-8-18(9-7-16)23-28-21-20(31-23)5-4-14-26-21/h4-14H,15H2,1-3H3,(H2,27,29,30,32). The Balaban J connectivity index is 1.32. The Morgan fingerprint density at radius 2 is 1.75 bits per heavy atom. The lowest BCUT2D eigenvalue weighted by molar-refractivity contribution is 0.0976. The Labute approximate surface area is 192 Å². The van der Waals surface area contributed by atoms with Crippen molar-refractivity contribution in [3.8, 4) is 11.5 Å². The molecule has 0 unspecified atom stereocenters. The summed E-state index contributed by atoms with van der Waals surface area (Å²) in [5.74, 6) is 0.293. The van der Waals surface area contributed by atoms with Gasteiger partial charge >= 0.3 is 0 Å². The molecule has 4 rings (SSSR count). The second kappa shape index (κ2) is 8.88. The van der Waals surface area contributed by atoms with Crippen LogP contribution in [0.5, 0.6) is 0 Å². The van der Waals surface area contributed by atoms with Crippen molar-refractivity contribution in [1.29, 1.82) is 0 Å². The van der Waals surface area contributed by atoms with Gasteiger partial charge in [0.1, 0.15) is 0 Å². The molecule has 0 aliphatic heterocycles. The highest BCUT2D eigenvalue weighted by Gasteiger charge is 2.15. The molecule has 2 aromatic carbocycles. The molecule has 6 nitrogen and oxygen atoms in total. The van der Waals surface area contributed by atoms with E-state index in [1.807, 2.05) is 60.7 Å². The van der Waals surface area contributed by atoms with Crippen LogP contribution in [0.3, 0.4) is 0 Å². The van der Waals surface area contributed by atoms with Crippen molar-refractivity contribution < 1.29 is 9.21 Å². The molecule has 0 bridgehead atoms. The quantitative estimate of drug-likeness (QED) is 0.432. The summed E-state index contributed by atoms with van der Waals surface area (Å²) in [5, 5.41) is 6.07. The van der Waals surface area contributed by atoms with Crippen LogP contribution in [-0.2, 0) is 12.0 Å². The molecule has 1 amide bonds. The number of oxazole rings is 1. The summed E-state index contributed by atoms with van der Waals surface area (Å²) in [6, 6.07) is 19.0. The summed E-state index contributed by atoms with van der Waals surface area (Å²) in [6.07, 6.45) is 1.69. The number of carbonyl (C=O) groups is 1. The molecule has 0 aliphatic rings. The molecule has 7 heteroatoms. The zero-order chi connectivity index (χ0) is 22.7. The van der Waals surface area contributed by atoms with Gasteiger partial charge in [-0.3, -0.25) is 10.1 Å². The van der Waals surface area contributed by atoms with E-state index in [1.165, 1.54) is 5.56 Å². The number of thiocarbonyl (C=S) groups is 1. The number of nitrogens with one attached hydrogen (secondary N) is 2. The van der Waals surface area contributed by atoms with Gasteiger partial charge in [0.15, 0.2) is 16.3 Å². The highest BCUT2D eigenvalue weighted by atomic mass is 32.1. The fraction of sp³-hybridized carbons (Fsp3) is 0.200. The van der Waals surface area contributed by atoms with Gasteiger partial charge < -0.3 is 9.73 Å². The number of carbonyl (C=O) groups excluding carboxylic acids is 1. The molecule has 2 heterocycles. The van der Waals surface area contributed by atoms with E-state index in [-0.39, 0.29) is 16.4 Å². The zero-order valence-corrected chi connectivity index (χ0v) is 19.0. The third-order valence-electron chi connectivity index (χ3n) is 5.06. The van der Waals surface area contributed by atoms with E-state index >= 15 is 0 Å². The average Bonchev–Trinajstić information content (AvgIpc) is 3.22. The molecule has 0 saturated heterocycles. The maximum Gasteiger partial charge on any atom is 0.257 e. The highest BCUT2D eigenvalue weighted by Crippen LogP contribution is 2.23. The van der Waals surface area contributed by atoms with Gasteiger partial charge in [0.2, 0.25) is 5.89 Å². The number of benzene rings is 2. The van der Waals surface area contributed by atoms with Gasteiger partial charge in [0.25, 0.3) is 5.91 Å². The first kappa shape index (κ1) is 21.6. The van der Waals surface area contributed by atoms with Crippen LogP contribution >= 0.6 is 12.2 Å². The van der Waals surface area contributed by atoms with Gasteiger partial charge in [-0.1, -0.05) is 45.0 Å². The molecule has 32 heavy (non-hydrogen) atoms. The van der Waals surface area contributed by atoms with Crippen molar-refractivity contribution in [2.24, 2.45) is 0 Å². The molecule has 0 spiro atoms. The molecule has 162 valence electrons. The number of amides is 1. The zero-order valence-electron chi connectivity index (χ0n) is 18.2. The van der Waals surface area contributed by atoms with Crippen LogP contribution in [0.2, 0.25) is 0 Å². The second-order valence-corrected chi connectivity index (χ2v) is 8.91. The monoisotopic (exact) mass is 444 g/mol. The Bertz CT molecular complexity index is 1220. The minimum atomic E-state index is -0.233. The minimum Gasteiger partial charge on any atom is -0.434 e. The molecule has 0 radical (unpaired) electrons. The molecular formula is C25H24N4O2S. The third kappa shape index (κ3) is 5.00. The van der Waals surface area contributed by atoms with E-state index in [0.717, 1.165) is 11.1 Å². The number of rotatable bonds is 4. The second-order valence-electron chi connectivity index (χ2n) is 8.51. The molecule has 0 atom stereocenters. The minimum absolute atomic E-state index is 0.0404. The van der Waals surface area contributed by atoms with Crippen LogP contribution < -0.4 is 10.6 Å². The normalized spacial score (nSPS) is 11.3. The fourth-order valence-corrected chi connectivity index (χ4v) is 3.35. The van der Waals surface area contributed by atoms with Crippen molar-refractivity contribution in [2.45, 2.75) is 32.7 Å². The number of hydrogen-bond acceptors (Lipinski definition) is 5. The number of fused-ring (bicyclic) bond motifs is 1. The van der Waals surface area contributed by atoms with Gasteiger partial charge in [0, 0.05) is 23.9 Å². The Morgan fingerprint density at radius 1 is 1.03 bits per heavy atom. The Kier molecular flexibility index (Phi) is 6.01. The van der Waals surface area contributed by atoms with Gasteiger partial charge in [-0.2, -0.15) is 4.98 Å². The first-order chi connectivity index (χ1) is 15.3. The molecule has 0 fully saturated rings. The van der Waals surface area contributed by atoms with E-state index in [9.17, 15) is 4.79 Å². The number of pyridine rings is 1. The van der Waals surface area contributed by atoms with Gasteiger partial charge in [-0.05, 0) is 65.2 Å². The first-order valence-corrected chi connectivity index (χ1v) is 10.7. The summed E-state index contributed by atoms with van der Waals surface area (Å²) in [5.41, 5.74) is 4.89. The topological polar surface area (TPSA) is 80.0 Å². The Morgan fingerprint density at radius 3 is 2.41 bits per heavy atom. The fourth-order valence-electron chi connectivity index (χ4n) is 3.18. The molecule has 2 aromatic heterocycles. The average molecular weight is 445 g/mol. The summed E-state index contributed by atoms with van der Waals surface area (Å²) >= 11 is 5.28. The van der Waals surface area contributed by atoms with Crippen LogP contribution in [-0.4, -0.2) is 21.0 Å². The Hall–Kier alpha value is -3.58. The predicted molar refractivity (Wildman–Crippen MR) is 129 cm³/mol. The summed E-state index contributed by atoms with van der Waals surface area (Å²) in [7, 11) is 0. The first-order valence-electron chi connectivity index (χ1n) is 10.3. The molecule has 0 saturated carbocycles. The number of nitrogens with zero attached hydrogens (tertiary/aromatic N) is 2. The van der Waals surface area contributed by atoms with Crippen molar-refractivity contribution in [2.75, 3.05) is 0 Å². The molecule has 0 aliphatic carbocycles. The summed E-state index contributed by atoms with van der Waals surface area (Å²) < 4.78 is 5.75. The number of hydrogen-bond donors (Lipinski definition) is 2. The lowest BCUT2D eigenvalue weighted by atomic mass is 9.87. The van der Waals surface area contributed by atoms with E-state index in [1.54, 1.807) is 6.20 Å². The molecular weight excluding hydrogens is 420 g/mol. The maximum absolute atomic E-state index is 12.4. The lowest BCUT2D eigenvalue weighted by Gasteiger charge is -2.19. The summed E-state index contributed by atoms with van der Waals surface area (Å²) in [4.78, 5) is 21.0. The number of aromatic nitrogens is 2. The van der Waals surface area contributed by atoms with Crippen molar-refractivity contribution >= 4 is 34.5 Å². The van der Waals surface area contributed by atoms with E-state index < -0.39 is 0 Å². The van der Waals surface area contributed by atoms with Crippen LogP contribution in [0, 0.1) is 0 Å². The predicted octanol–water partition coefficient (Wildman–Crippen LogP) is 4.99. The van der Waals surface area contributed by atoms with Crippen LogP contribution in [0.15, 0.2) is 71.3 Å². The van der Waals surface area contributed by atoms with Crippen LogP contribution in [0.1, 0.15) is 42.3 Å². The van der Waals surface area contributed by atoms with Crippen molar-refractivity contribution in [3.05, 3.63) is 83.6 Å². The van der Waals surface area contributed by atoms with Gasteiger partial charge in [0.05, 0.1) is 0 Å². The lowest BCUT2D eigenvalue weighted by Crippen LogP contribution is -2.38. The van der Waals surface area contributed by atoms with E-state index in [2.05, 4.69) is 41.4 Å². The SMILES string of the molecule is CC(C)(C)c1ccc(C(=O)NC(=S)NCc2ccc(-c3nc4ncccc4o3)cc2)cc1.